The average molecular weight is 277 g/mol. The highest BCUT2D eigenvalue weighted by atomic mass is 16.6. The number of ether oxygens (including phenoxy) is 3. The molecule has 6 heteroatoms. The molecule has 0 amide bonds. The second-order valence-electron chi connectivity index (χ2n) is 3.96. The summed E-state index contributed by atoms with van der Waals surface area (Å²) in [5, 5.41) is 0.708. The van der Waals surface area contributed by atoms with Crippen molar-refractivity contribution in [3.05, 3.63) is 30.0 Å². The Labute approximate surface area is 115 Å². The number of carbonyl (C=O) groups is 2. The number of methoxy groups -OCH3 is 1. The number of benzene rings is 1. The molecular formula is C14H15NO5. The van der Waals surface area contributed by atoms with Gasteiger partial charge in [-0.3, -0.25) is 0 Å². The Hall–Kier alpha value is -2.50. The largest absolute Gasteiger partial charge is 0.479 e. The third-order valence-corrected chi connectivity index (χ3v) is 2.70. The first-order valence-corrected chi connectivity index (χ1v) is 6.14. The van der Waals surface area contributed by atoms with Crippen LogP contribution in [0.2, 0.25) is 0 Å². The Bertz CT molecular complexity index is 632. The molecule has 6 nitrogen and oxygen atoms in total. The first kappa shape index (κ1) is 13.9. The van der Waals surface area contributed by atoms with Gasteiger partial charge in [-0.1, -0.05) is 12.1 Å². The van der Waals surface area contributed by atoms with E-state index in [0.717, 1.165) is 5.52 Å². The molecule has 0 bridgehead atoms. The van der Waals surface area contributed by atoms with E-state index < -0.39 is 11.9 Å². The zero-order valence-electron chi connectivity index (χ0n) is 11.3. The fourth-order valence-electron chi connectivity index (χ4n) is 1.80. The number of para-hydroxylation sites is 1. The van der Waals surface area contributed by atoms with Gasteiger partial charge in [-0.05, 0) is 19.1 Å². The molecule has 2 aromatic rings. The van der Waals surface area contributed by atoms with E-state index in [1.165, 1.54) is 7.11 Å². The van der Waals surface area contributed by atoms with Gasteiger partial charge in [0.25, 0.3) is 0 Å². The predicted octanol–water partition coefficient (Wildman–Crippen LogP) is 1.90. The number of aromatic nitrogens is 1. The lowest BCUT2D eigenvalue weighted by molar-refractivity contribution is -0.142. The summed E-state index contributed by atoms with van der Waals surface area (Å²) in [4.78, 5) is 26.0. The number of rotatable bonds is 5. The smallest absolute Gasteiger partial charge is 0.358 e. The van der Waals surface area contributed by atoms with Gasteiger partial charge in [0.2, 0.25) is 0 Å². The van der Waals surface area contributed by atoms with Gasteiger partial charge in [0.05, 0.1) is 13.7 Å². The number of H-pyrrole nitrogens is 1. The van der Waals surface area contributed by atoms with Gasteiger partial charge in [0.1, 0.15) is 0 Å². The monoisotopic (exact) mass is 277 g/mol. The highest BCUT2D eigenvalue weighted by molar-refractivity contribution is 6.01. The van der Waals surface area contributed by atoms with Gasteiger partial charge in [0, 0.05) is 10.9 Å². The molecule has 0 spiro atoms. The second-order valence-corrected chi connectivity index (χ2v) is 3.96. The molecule has 0 unspecified atom stereocenters. The molecule has 0 atom stereocenters. The number of aromatic amines is 1. The standard InChI is InChI=1S/C14H15NO5/c1-3-19-14(17)12-13(20-8-11(16)18-2)9-6-4-5-7-10(9)15-12/h4-7,15H,3,8H2,1-2H3. The molecule has 1 aromatic heterocycles. The van der Waals surface area contributed by atoms with Crippen LogP contribution in [0.25, 0.3) is 10.9 Å². The molecule has 0 radical (unpaired) electrons. The summed E-state index contributed by atoms with van der Waals surface area (Å²) in [5.41, 5.74) is 0.923. The van der Waals surface area contributed by atoms with Crippen LogP contribution < -0.4 is 4.74 Å². The summed E-state index contributed by atoms with van der Waals surface area (Å²) in [6.07, 6.45) is 0. The van der Waals surface area contributed by atoms with Crippen molar-refractivity contribution in [1.29, 1.82) is 0 Å². The maximum Gasteiger partial charge on any atom is 0.358 e. The molecule has 0 aliphatic heterocycles. The van der Waals surface area contributed by atoms with Crippen LogP contribution >= 0.6 is 0 Å². The van der Waals surface area contributed by atoms with Crippen LogP contribution in [0.3, 0.4) is 0 Å². The van der Waals surface area contributed by atoms with E-state index >= 15 is 0 Å². The lowest BCUT2D eigenvalue weighted by atomic mass is 10.2. The fourth-order valence-corrected chi connectivity index (χ4v) is 1.80. The number of hydrogen-bond donors (Lipinski definition) is 1. The Morgan fingerprint density at radius 2 is 2.00 bits per heavy atom. The number of fused-ring (bicyclic) bond motifs is 1. The van der Waals surface area contributed by atoms with E-state index in [1.54, 1.807) is 13.0 Å². The van der Waals surface area contributed by atoms with E-state index in [4.69, 9.17) is 9.47 Å². The van der Waals surface area contributed by atoms with Crippen LogP contribution in [0.5, 0.6) is 5.75 Å². The minimum Gasteiger partial charge on any atom is -0.479 e. The Balaban J connectivity index is 2.39. The van der Waals surface area contributed by atoms with Crippen LogP contribution in [0, 0.1) is 0 Å². The van der Waals surface area contributed by atoms with Gasteiger partial charge in [0.15, 0.2) is 18.1 Å². The van der Waals surface area contributed by atoms with Gasteiger partial charge >= 0.3 is 11.9 Å². The zero-order chi connectivity index (χ0) is 14.5. The molecule has 2 rings (SSSR count). The maximum atomic E-state index is 11.9. The van der Waals surface area contributed by atoms with E-state index in [9.17, 15) is 9.59 Å². The lowest BCUT2D eigenvalue weighted by Gasteiger charge is -2.06. The summed E-state index contributed by atoms with van der Waals surface area (Å²) in [6.45, 7) is 1.70. The quantitative estimate of drug-likeness (QED) is 0.844. The van der Waals surface area contributed by atoms with Crippen LogP contribution in [0.15, 0.2) is 24.3 Å². The van der Waals surface area contributed by atoms with E-state index in [1.807, 2.05) is 18.2 Å². The topological polar surface area (TPSA) is 77.6 Å². The van der Waals surface area contributed by atoms with Crippen molar-refractivity contribution >= 4 is 22.8 Å². The number of esters is 2. The highest BCUT2D eigenvalue weighted by Gasteiger charge is 2.20. The van der Waals surface area contributed by atoms with Crippen LogP contribution in [-0.2, 0) is 14.3 Å². The summed E-state index contributed by atoms with van der Waals surface area (Å²) >= 11 is 0. The Kier molecular flexibility index (Phi) is 4.24. The molecule has 106 valence electrons. The SMILES string of the molecule is CCOC(=O)c1[nH]c2ccccc2c1OCC(=O)OC. The minimum atomic E-state index is -0.524. The van der Waals surface area contributed by atoms with Crippen molar-refractivity contribution < 1.29 is 23.8 Å². The Morgan fingerprint density at radius 1 is 1.25 bits per heavy atom. The van der Waals surface area contributed by atoms with Gasteiger partial charge in [-0.25, -0.2) is 9.59 Å². The molecule has 1 heterocycles. The maximum absolute atomic E-state index is 11.9. The van der Waals surface area contributed by atoms with Gasteiger partial charge in [-0.15, -0.1) is 0 Å². The molecule has 0 saturated heterocycles. The molecule has 0 aliphatic rings. The molecule has 0 aliphatic carbocycles. The molecule has 1 N–H and O–H groups in total. The van der Waals surface area contributed by atoms with Gasteiger partial charge in [-0.2, -0.15) is 0 Å². The minimum absolute atomic E-state index is 0.192. The number of hydrogen-bond acceptors (Lipinski definition) is 5. The van der Waals surface area contributed by atoms with E-state index in [0.29, 0.717) is 11.1 Å². The summed E-state index contributed by atoms with van der Waals surface area (Å²) in [7, 11) is 1.27. The van der Waals surface area contributed by atoms with Crippen LogP contribution in [0.4, 0.5) is 0 Å². The van der Waals surface area contributed by atoms with Crippen molar-refractivity contribution in [3.8, 4) is 5.75 Å². The van der Waals surface area contributed by atoms with Gasteiger partial charge < -0.3 is 19.2 Å². The molecule has 0 fully saturated rings. The third-order valence-electron chi connectivity index (χ3n) is 2.70. The molecule has 20 heavy (non-hydrogen) atoms. The van der Waals surface area contributed by atoms with E-state index in [2.05, 4.69) is 9.72 Å². The summed E-state index contributed by atoms with van der Waals surface area (Å²) in [5.74, 6) is -0.752. The van der Waals surface area contributed by atoms with E-state index in [-0.39, 0.29) is 18.9 Å². The van der Waals surface area contributed by atoms with Crippen molar-refractivity contribution in [3.63, 3.8) is 0 Å². The lowest BCUT2D eigenvalue weighted by Crippen LogP contribution is -2.14. The highest BCUT2D eigenvalue weighted by Crippen LogP contribution is 2.30. The molecule has 1 aromatic carbocycles. The zero-order valence-corrected chi connectivity index (χ0v) is 11.3. The van der Waals surface area contributed by atoms with Crippen molar-refractivity contribution in [1.82, 2.24) is 4.98 Å². The number of carbonyl (C=O) groups excluding carboxylic acids is 2. The Morgan fingerprint density at radius 3 is 2.70 bits per heavy atom. The van der Waals surface area contributed by atoms with Crippen LogP contribution in [-0.4, -0.2) is 37.2 Å². The summed E-state index contributed by atoms with van der Waals surface area (Å²) in [6, 6.07) is 7.25. The fraction of sp³-hybridized carbons (Fsp3) is 0.286. The summed E-state index contributed by atoms with van der Waals surface area (Å²) < 4.78 is 14.9. The molecular weight excluding hydrogens is 262 g/mol. The third kappa shape index (κ3) is 2.74. The number of nitrogens with one attached hydrogen (secondary N) is 1. The van der Waals surface area contributed by atoms with Crippen molar-refractivity contribution in [2.24, 2.45) is 0 Å². The van der Waals surface area contributed by atoms with Crippen molar-refractivity contribution in [2.45, 2.75) is 6.92 Å². The predicted molar refractivity (Wildman–Crippen MR) is 71.8 cm³/mol. The normalized spacial score (nSPS) is 10.3. The molecule has 0 saturated carbocycles. The first-order valence-electron chi connectivity index (χ1n) is 6.14. The van der Waals surface area contributed by atoms with Crippen LogP contribution in [0.1, 0.15) is 17.4 Å². The average Bonchev–Trinajstić information content (AvgIpc) is 2.83. The van der Waals surface area contributed by atoms with Crippen molar-refractivity contribution in [2.75, 3.05) is 20.3 Å². The second kappa shape index (κ2) is 6.10. The first-order chi connectivity index (χ1) is 9.67.